The van der Waals surface area contributed by atoms with E-state index in [0.717, 1.165) is 19.3 Å². The molecule has 1 aromatic rings. The fourth-order valence-corrected chi connectivity index (χ4v) is 3.39. The molecule has 1 aromatic heterocycles. The SMILES string of the molecule is O=C(CCCn1cncn1)N1CCO[C@H]2C[C@H](CO)C[C@@H]21. The molecule has 1 saturated carbocycles. The summed E-state index contributed by atoms with van der Waals surface area (Å²) >= 11 is 0. The minimum absolute atomic E-state index is 0.107. The van der Waals surface area contributed by atoms with Crippen LogP contribution in [0.2, 0.25) is 0 Å². The minimum atomic E-state index is 0.107. The molecule has 116 valence electrons. The Bertz CT molecular complexity index is 465. The Balaban J connectivity index is 1.51. The molecule has 0 unspecified atom stereocenters. The number of rotatable bonds is 5. The van der Waals surface area contributed by atoms with Gasteiger partial charge in [0.25, 0.3) is 0 Å². The van der Waals surface area contributed by atoms with Crippen molar-refractivity contribution >= 4 is 5.91 Å². The normalized spacial score (nSPS) is 28.6. The third kappa shape index (κ3) is 3.24. The van der Waals surface area contributed by atoms with E-state index < -0.39 is 0 Å². The summed E-state index contributed by atoms with van der Waals surface area (Å²) in [7, 11) is 0. The van der Waals surface area contributed by atoms with Crippen molar-refractivity contribution in [1.82, 2.24) is 19.7 Å². The van der Waals surface area contributed by atoms with E-state index >= 15 is 0 Å². The molecular formula is C14H22N4O3. The summed E-state index contributed by atoms with van der Waals surface area (Å²) in [5.41, 5.74) is 0. The highest BCUT2D eigenvalue weighted by atomic mass is 16.5. The number of hydrogen-bond donors (Lipinski definition) is 1. The Morgan fingerprint density at radius 1 is 1.43 bits per heavy atom. The molecule has 1 amide bonds. The average molecular weight is 294 g/mol. The average Bonchev–Trinajstić information content (AvgIpc) is 3.15. The van der Waals surface area contributed by atoms with Crippen LogP contribution in [0, 0.1) is 5.92 Å². The summed E-state index contributed by atoms with van der Waals surface area (Å²) in [5, 5.41) is 13.3. The van der Waals surface area contributed by atoms with E-state index in [1.165, 1.54) is 6.33 Å². The molecule has 0 spiro atoms. The fourth-order valence-electron chi connectivity index (χ4n) is 3.39. The van der Waals surface area contributed by atoms with Crippen LogP contribution in [0.3, 0.4) is 0 Å². The quantitative estimate of drug-likeness (QED) is 0.830. The van der Waals surface area contributed by atoms with Gasteiger partial charge in [-0.3, -0.25) is 9.48 Å². The highest BCUT2D eigenvalue weighted by molar-refractivity contribution is 5.76. The lowest BCUT2D eigenvalue weighted by Gasteiger charge is -2.37. The van der Waals surface area contributed by atoms with Crippen LogP contribution in [-0.4, -0.2) is 62.6 Å². The van der Waals surface area contributed by atoms with Crippen LogP contribution >= 0.6 is 0 Å². The molecule has 7 nitrogen and oxygen atoms in total. The predicted octanol–water partition coefficient (Wildman–Crippen LogP) is 0.0566. The molecule has 1 saturated heterocycles. The molecular weight excluding hydrogens is 272 g/mol. The number of aryl methyl sites for hydroxylation is 1. The zero-order valence-corrected chi connectivity index (χ0v) is 12.1. The van der Waals surface area contributed by atoms with Crippen molar-refractivity contribution in [2.75, 3.05) is 19.8 Å². The van der Waals surface area contributed by atoms with Gasteiger partial charge in [-0.1, -0.05) is 0 Å². The van der Waals surface area contributed by atoms with E-state index in [1.807, 2.05) is 4.90 Å². The van der Waals surface area contributed by atoms with Crippen LogP contribution in [0.25, 0.3) is 0 Å². The van der Waals surface area contributed by atoms with Gasteiger partial charge in [0.1, 0.15) is 12.7 Å². The van der Waals surface area contributed by atoms with Gasteiger partial charge in [0, 0.05) is 26.1 Å². The summed E-state index contributed by atoms with van der Waals surface area (Å²) in [5.74, 6) is 0.454. The highest BCUT2D eigenvalue weighted by Gasteiger charge is 2.42. The van der Waals surface area contributed by atoms with Gasteiger partial charge in [0.15, 0.2) is 0 Å². The maximum absolute atomic E-state index is 12.4. The van der Waals surface area contributed by atoms with E-state index in [4.69, 9.17) is 4.74 Å². The monoisotopic (exact) mass is 294 g/mol. The first-order chi connectivity index (χ1) is 10.3. The first-order valence-electron chi connectivity index (χ1n) is 7.62. The van der Waals surface area contributed by atoms with Crippen LogP contribution in [0.5, 0.6) is 0 Å². The van der Waals surface area contributed by atoms with Crippen molar-refractivity contribution in [2.24, 2.45) is 5.92 Å². The Morgan fingerprint density at radius 2 is 2.33 bits per heavy atom. The molecule has 1 aliphatic heterocycles. The van der Waals surface area contributed by atoms with Gasteiger partial charge in [-0.25, -0.2) is 4.98 Å². The number of ether oxygens (including phenoxy) is 1. The molecule has 2 heterocycles. The summed E-state index contributed by atoms with van der Waals surface area (Å²) in [4.78, 5) is 18.3. The second-order valence-electron chi connectivity index (χ2n) is 5.85. The lowest BCUT2D eigenvalue weighted by atomic mass is 10.1. The standard InChI is InChI=1S/C14H22N4O3/c19-8-11-6-12-13(7-11)21-5-4-18(12)14(20)2-1-3-17-10-15-9-16-17/h9-13,19H,1-8H2/t11-,12+,13+/m1/s1. The number of aromatic nitrogens is 3. The van der Waals surface area contributed by atoms with Crippen LogP contribution in [0.4, 0.5) is 0 Å². The summed E-state index contributed by atoms with van der Waals surface area (Å²) in [6, 6.07) is 0.148. The first kappa shape index (κ1) is 14.5. The molecule has 21 heavy (non-hydrogen) atoms. The Hall–Kier alpha value is -1.47. The largest absolute Gasteiger partial charge is 0.396 e. The van der Waals surface area contributed by atoms with Gasteiger partial charge in [0.2, 0.25) is 5.91 Å². The van der Waals surface area contributed by atoms with Crippen molar-refractivity contribution in [2.45, 2.75) is 44.4 Å². The Kier molecular flexibility index (Phi) is 4.50. The van der Waals surface area contributed by atoms with Crippen LogP contribution in [0.15, 0.2) is 12.7 Å². The molecule has 0 aromatic carbocycles. The van der Waals surface area contributed by atoms with Crippen LogP contribution in [0.1, 0.15) is 25.7 Å². The number of carbonyl (C=O) groups is 1. The zero-order chi connectivity index (χ0) is 14.7. The van der Waals surface area contributed by atoms with Gasteiger partial charge in [-0.15, -0.1) is 0 Å². The smallest absolute Gasteiger partial charge is 0.223 e. The molecule has 0 radical (unpaired) electrons. The molecule has 2 aliphatic rings. The summed E-state index contributed by atoms with van der Waals surface area (Å²) < 4.78 is 7.49. The van der Waals surface area contributed by atoms with E-state index in [0.29, 0.717) is 26.1 Å². The van der Waals surface area contributed by atoms with Crippen molar-refractivity contribution in [3.8, 4) is 0 Å². The molecule has 1 aliphatic carbocycles. The highest BCUT2D eigenvalue weighted by Crippen LogP contribution is 2.34. The second kappa shape index (κ2) is 6.53. The number of morpholine rings is 1. The summed E-state index contributed by atoms with van der Waals surface area (Å²) in [6.07, 6.45) is 6.28. The molecule has 3 atom stereocenters. The number of hydrogen-bond acceptors (Lipinski definition) is 5. The first-order valence-corrected chi connectivity index (χ1v) is 7.62. The van der Waals surface area contributed by atoms with Crippen molar-refractivity contribution in [3.63, 3.8) is 0 Å². The molecule has 2 fully saturated rings. The van der Waals surface area contributed by atoms with E-state index in [1.54, 1.807) is 11.0 Å². The van der Waals surface area contributed by atoms with Gasteiger partial charge in [-0.2, -0.15) is 5.10 Å². The third-order valence-electron chi connectivity index (χ3n) is 4.46. The molecule has 0 bridgehead atoms. The number of fused-ring (bicyclic) bond motifs is 1. The van der Waals surface area contributed by atoms with Crippen molar-refractivity contribution in [3.05, 3.63) is 12.7 Å². The number of aliphatic hydroxyl groups excluding tert-OH is 1. The fraction of sp³-hybridized carbons (Fsp3) is 0.786. The molecule has 1 N–H and O–H groups in total. The maximum Gasteiger partial charge on any atom is 0.223 e. The van der Waals surface area contributed by atoms with E-state index in [2.05, 4.69) is 10.1 Å². The second-order valence-corrected chi connectivity index (χ2v) is 5.85. The van der Waals surface area contributed by atoms with Crippen molar-refractivity contribution < 1.29 is 14.6 Å². The predicted molar refractivity (Wildman–Crippen MR) is 74.3 cm³/mol. The van der Waals surface area contributed by atoms with Gasteiger partial charge < -0.3 is 14.7 Å². The third-order valence-corrected chi connectivity index (χ3v) is 4.46. The van der Waals surface area contributed by atoms with Gasteiger partial charge in [0.05, 0.1) is 18.8 Å². The number of amides is 1. The maximum atomic E-state index is 12.4. The zero-order valence-electron chi connectivity index (χ0n) is 12.1. The number of nitrogens with zero attached hydrogens (tertiary/aromatic N) is 4. The van der Waals surface area contributed by atoms with E-state index in [-0.39, 0.29) is 30.6 Å². The lowest BCUT2D eigenvalue weighted by Crippen LogP contribution is -2.51. The topological polar surface area (TPSA) is 80.5 Å². The van der Waals surface area contributed by atoms with Gasteiger partial charge >= 0.3 is 0 Å². The van der Waals surface area contributed by atoms with E-state index in [9.17, 15) is 9.90 Å². The van der Waals surface area contributed by atoms with Crippen molar-refractivity contribution in [1.29, 1.82) is 0 Å². The minimum Gasteiger partial charge on any atom is -0.396 e. The number of carbonyl (C=O) groups excluding carboxylic acids is 1. The van der Waals surface area contributed by atoms with Crippen LogP contribution in [-0.2, 0) is 16.1 Å². The Labute approximate surface area is 123 Å². The van der Waals surface area contributed by atoms with Crippen LogP contribution < -0.4 is 0 Å². The lowest BCUT2D eigenvalue weighted by molar-refractivity contribution is -0.144. The molecule has 7 heteroatoms. The van der Waals surface area contributed by atoms with Gasteiger partial charge in [-0.05, 0) is 25.2 Å². The Morgan fingerprint density at radius 3 is 3.10 bits per heavy atom. The summed E-state index contributed by atoms with van der Waals surface area (Å²) in [6.45, 7) is 2.17. The number of aliphatic hydroxyl groups is 1. The molecule has 3 rings (SSSR count).